The molecule has 0 unspecified atom stereocenters. The van der Waals surface area contributed by atoms with E-state index < -0.39 is 5.97 Å². The van der Waals surface area contributed by atoms with Crippen molar-refractivity contribution in [2.75, 3.05) is 6.54 Å². The summed E-state index contributed by atoms with van der Waals surface area (Å²) in [6.07, 6.45) is -0.1000. The van der Waals surface area contributed by atoms with Crippen molar-refractivity contribution >= 4 is 33.4 Å². The molecule has 2 heterocycles. The molecule has 0 saturated heterocycles. The molecule has 0 radical (unpaired) electrons. The minimum Gasteiger partial charge on any atom is -0.481 e. The van der Waals surface area contributed by atoms with E-state index in [1.807, 2.05) is 20.8 Å². The van der Waals surface area contributed by atoms with Gasteiger partial charge < -0.3 is 10.0 Å². The standard InChI is InChI=1S/C19H20FN3O3S/c1-11(2)22(9-8-17(24)25)18(26)16-10-15-12(3)21-23(19(15)27-16)14-6-4-13(20)5-7-14/h4-7,10-11H,8-9H2,1-3H3,(H,24,25). The van der Waals surface area contributed by atoms with Crippen molar-refractivity contribution in [1.82, 2.24) is 14.7 Å². The summed E-state index contributed by atoms with van der Waals surface area (Å²) in [5, 5.41) is 14.3. The molecule has 142 valence electrons. The van der Waals surface area contributed by atoms with Gasteiger partial charge in [0.2, 0.25) is 0 Å². The van der Waals surface area contributed by atoms with E-state index in [-0.39, 0.29) is 30.7 Å². The number of fused-ring (bicyclic) bond motifs is 1. The van der Waals surface area contributed by atoms with Crippen molar-refractivity contribution in [2.24, 2.45) is 0 Å². The van der Waals surface area contributed by atoms with Crippen molar-refractivity contribution in [2.45, 2.75) is 33.2 Å². The number of aromatic nitrogens is 2. The molecular weight excluding hydrogens is 369 g/mol. The Bertz CT molecular complexity index is 992. The summed E-state index contributed by atoms with van der Waals surface area (Å²) in [4.78, 5) is 26.7. The Balaban J connectivity index is 1.98. The van der Waals surface area contributed by atoms with Gasteiger partial charge in [-0.05, 0) is 51.1 Å². The van der Waals surface area contributed by atoms with Gasteiger partial charge in [-0.1, -0.05) is 0 Å². The van der Waals surface area contributed by atoms with Crippen molar-refractivity contribution in [3.05, 3.63) is 46.7 Å². The quantitative estimate of drug-likeness (QED) is 0.695. The number of amides is 1. The fourth-order valence-corrected chi connectivity index (χ4v) is 4.00. The van der Waals surface area contributed by atoms with Gasteiger partial charge in [0.15, 0.2) is 0 Å². The van der Waals surface area contributed by atoms with Crippen LogP contribution in [0.5, 0.6) is 0 Å². The number of aryl methyl sites for hydroxylation is 1. The average Bonchev–Trinajstić information content (AvgIpc) is 3.16. The maximum atomic E-state index is 13.2. The lowest BCUT2D eigenvalue weighted by atomic mass is 10.2. The van der Waals surface area contributed by atoms with E-state index >= 15 is 0 Å². The first-order chi connectivity index (χ1) is 12.8. The van der Waals surface area contributed by atoms with Crippen LogP contribution in [-0.4, -0.2) is 44.3 Å². The van der Waals surface area contributed by atoms with Crippen LogP contribution in [0.4, 0.5) is 4.39 Å². The van der Waals surface area contributed by atoms with Crippen LogP contribution >= 0.6 is 11.3 Å². The van der Waals surface area contributed by atoms with Crippen LogP contribution in [0.25, 0.3) is 15.9 Å². The number of carbonyl (C=O) groups is 2. The summed E-state index contributed by atoms with van der Waals surface area (Å²) in [7, 11) is 0. The number of carboxylic acids is 1. The first kappa shape index (κ1) is 19.0. The van der Waals surface area contributed by atoms with Gasteiger partial charge >= 0.3 is 5.97 Å². The second-order valence-corrected chi connectivity index (χ2v) is 7.57. The van der Waals surface area contributed by atoms with Gasteiger partial charge in [0.25, 0.3) is 5.91 Å². The second-order valence-electron chi connectivity index (χ2n) is 6.54. The maximum Gasteiger partial charge on any atom is 0.305 e. The van der Waals surface area contributed by atoms with Gasteiger partial charge in [-0.15, -0.1) is 11.3 Å². The first-order valence-corrected chi connectivity index (χ1v) is 9.37. The Labute approximate surface area is 159 Å². The number of hydrogen-bond acceptors (Lipinski definition) is 4. The number of carbonyl (C=O) groups excluding carboxylic acids is 1. The SMILES string of the molecule is Cc1nn(-c2ccc(F)cc2)c2sc(C(=O)N(CCC(=O)O)C(C)C)cc12. The highest BCUT2D eigenvalue weighted by Crippen LogP contribution is 2.31. The molecule has 0 aliphatic carbocycles. The van der Waals surface area contributed by atoms with Gasteiger partial charge in [0.05, 0.1) is 22.7 Å². The number of halogens is 1. The maximum absolute atomic E-state index is 13.2. The number of carboxylic acid groups (broad SMARTS) is 1. The first-order valence-electron chi connectivity index (χ1n) is 8.55. The van der Waals surface area contributed by atoms with E-state index in [4.69, 9.17) is 5.11 Å². The van der Waals surface area contributed by atoms with Crippen molar-refractivity contribution in [1.29, 1.82) is 0 Å². The predicted octanol–water partition coefficient (Wildman–Crippen LogP) is 3.86. The molecule has 3 aromatic rings. The number of thiophene rings is 1. The van der Waals surface area contributed by atoms with Gasteiger partial charge in [0.1, 0.15) is 10.6 Å². The Morgan fingerprint density at radius 2 is 1.96 bits per heavy atom. The van der Waals surface area contributed by atoms with Crippen LogP contribution in [0.2, 0.25) is 0 Å². The molecule has 0 fully saturated rings. The largest absolute Gasteiger partial charge is 0.481 e. The van der Waals surface area contributed by atoms with Crippen LogP contribution in [0.3, 0.4) is 0 Å². The minimum atomic E-state index is -0.937. The van der Waals surface area contributed by atoms with E-state index in [1.165, 1.54) is 23.5 Å². The Hall–Kier alpha value is -2.74. The molecule has 1 aromatic carbocycles. The highest BCUT2D eigenvalue weighted by atomic mass is 32.1. The lowest BCUT2D eigenvalue weighted by Gasteiger charge is -2.25. The molecule has 0 aliphatic rings. The third-order valence-electron chi connectivity index (χ3n) is 4.28. The normalized spacial score (nSPS) is 11.3. The lowest BCUT2D eigenvalue weighted by Crippen LogP contribution is -2.38. The van der Waals surface area contributed by atoms with Gasteiger partial charge in [0, 0.05) is 18.0 Å². The fraction of sp³-hybridized carbons (Fsp3) is 0.316. The lowest BCUT2D eigenvalue weighted by molar-refractivity contribution is -0.137. The van der Waals surface area contributed by atoms with Gasteiger partial charge in [-0.2, -0.15) is 5.10 Å². The van der Waals surface area contributed by atoms with E-state index in [9.17, 15) is 14.0 Å². The van der Waals surface area contributed by atoms with Crippen LogP contribution in [0.15, 0.2) is 30.3 Å². The van der Waals surface area contributed by atoms with Crippen LogP contribution < -0.4 is 0 Å². The Morgan fingerprint density at radius 1 is 1.30 bits per heavy atom. The highest BCUT2D eigenvalue weighted by molar-refractivity contribution is 7.20. The van der Waals surface area contributed by atoms with Gasteiger partial charge in [-0.3, -0.25) is 9.59 Å². The van der Waals surface area contributed by atoms with Crippen LogP contribution in [0.1, 0.15) is 35.6 Å². The third-order valence-corrected chi connectivity index (χ3v) is 5.38. The molecular formula is C19H20FN3O3S. The number of nitrogens with zero attached hydrogens (tertiary/aromatic N) is 3. The second kappa shape index (κ2) is 7.48. The minimum absolute atomic E-state index is 0.1000. The zero-order chi connectivity index (χ0) is 19.7. The van der Waals surface area contributed by atoms with Gasteiger partial charge in [-0.25, -0.2) is 9.07 Å². The molecule has 6 nitrogen and oxygen atoms in total. The van der Waals surface area contributed by atoms with E-state index in [1.54, 1.807) is 27.8 Å². The Morgan fingerprint density at radius 3 is 2.56 bits per heavy atom. The fourth-order valence-electron chi connectivity index (χ4n) is 2.86. The molecule has 2 aromatic heterocycles. The number of rotatable bonds is 6. The molecule has 1 amide bonds. The van der Waals surface area contributed by atoms with Crippen LogP contribution in [0, 0.1) is 12.7 Å². The molecule has 8 heteroatoms. The number of benzene rings is 1. The zero-order valence-electron chi connectivity index (χ0n) is 15.3. The summed E-state index contributed by atoms with van der Waals surface area (Å²) in [6.45, 7) is 5.73. The summed E-state index contributed by atoms with van der Waals surface area (Å²) >= 11 is 1.30. The number of aliphatic carboxylic acids is 1. The molecule has 0 bridgehead atoms. The molecule has 3 rings (SSSR count). The van der Waals surface area contributed by atoms with Crippen molar-refractivity contribution in [3.63, 3.8) is 0 Å². The summed E-state index contributed by atoms with van der Waals surface area (Å²) < 4.78 is 14.9. The summed E-state index contributed by atoms with van der Waals surface area (Å²) in [5.41, 5.74) is 1.48. The van der Waals surface area contributed by atoms with Crippen LogP contribution in [-0.2, 0) is 4.79 Å². The molecule has 0 atom stereocenters. The Kier molecular flexibility index (Phi) is 5.27. The van der Waals surface area contributed by atoms with E-state index in [0.29, 0.717) is 10.6 Å². The topological polar surface area (TPSA) is 75.4 Å². The summed E-state index contributed by atoms with van der Waals surface area (Å²) in [6, 6.07) is 7.68. The van der Waals surface area contributed by atoms with Crippen molar-refractivity contribution < 1.29 is 19.1 Å². The number of hydrogen-bond donors (Lipinski definition) is 1. The van der Waals surface area contributed by atoms with E-state index in [0.717, 1.165) is 15.9 Å². The van der Waals surface area contributed by atoms with Crippen molar-refractivity contribution in [3.8, 4) is 5.69 Å². The summed E-state index contributed by atoms with van der Waals surface area (Å²) in [5.74, 6) is -1.46. The average molecular weight is 389 g/mol. The highest BCUT2D eigenvalue weighted by Gasteiger charge is 2.23. The molecule has 27 heavy (non-hydrogen) atoms. The molecule has 0 saturated carbocycles. The third kappa shape index (κ3) is 3.85. The molecule has 0 spiro atoms. The molecule has 0 aliphatic heterocycles. The van der Waals surface area contributed by atoms with E-state index in [2.05, 4.69) is 5.10 Å². The predicted molar refractivity (Wildman–Crippen MR) is 102 cm³/mol. The zero-order valence-corrected chi connectivity index (χ0v) is 16.1. The smallest absolute Gasteiger partial charge is 0.305 e. The molecule has 1 N–H and O–H groups in total. The monoisotopic (exact) mass is 389 g/mol.